The van der Waals surface area contributed by atoms with E-state index in [4.69, 9.17) is 22.9 Å². The highest BCUT2D eigenvalue weighted by molar-refractivity contribution is 6.00. The Balaban J connectivity index is 3.36. The second-order valence-corrected chi connectivity index (χ2v) is 20.0. The van der Waals surface area contributed by atoms with Gasteiger partial charge in [-0.25, -0.2) is 4.79 Å². The Labute approximate surface area is 476 Å². The van der Waals surface area contributed by atoms with Crippen molar-refractivity contribution in [2.45, 2.75) is 178 Å². The number of phenolic OH excluding ortho intramolecular Hbond substituents is 1. The lowest BCUT2D eigenvalue weighted by molar-refractivity contribution is -0.144. The van der Waals surface area contributed by atoms with Crippen molar-refractivity contribution in [1.82, 2.24) is 47.9 Å². The van der Waals surface area contributed by atoms with Crippen LogP contribution in [-0.2, 0) is 73.5 Å². The third kappa shape index (κ3) is 27.6. The number of aliphatic hydroxyl groups excluding tert-OH is 2. The van der Waals surface area contributed by atoms with Gasteiger partial charge in [0.25, 0.3) is 0 Å². The Morgan fingerprint density at radius 2 is 0.904 bits per heavy atom. The van der Waals surface area contributed by atoms with Gasteiger partial charge >= 0.3 is 17.9 Å². The minimum absolute atomic E-state index is 0.123. The van der Waals surface area contributed by atoms with Crippen molar-refractivity contribution in [3.05, 3.63) is 29.8 Å². The van der Waals surface area contributed by atoms with Crippen LogP contribution in [0.2, 0.25) is 0 Å². The van der Waals surface area contributed by atoms with E-state index in [2.05, 4.69) is 47.9 Å². The lowest BCUT2D eigenvalue weighted by Gasteiger charge is -2.28. The van der Waals surface area contributed by atoms with Crippen LogP contribution in [0.5, 0.6) is 5.75 Å². The molecule has 0 aliphatic carbocycles. The van der Waals surface area contributed by atoms with Crippen LogP contribution in [0.1, 0.15) is 104 Å². The third-order valence-corrected chi connectivity index (χ3v) is 12.2. The summed E-state index contributed by atoms with van der Waals surface area (Å²) in [6, 6.07) is -12.0. The van der Waals surface area contributed by atoms with E-state index < -0.39 is 200 Å². The summed E-state index contributed by atoms with van der Waals surface area (Å²) in [6.07, 6.45) is -7.30. The van der Waals surface area contributed by atoms with Gasteiger partial charge in [0.1, 0.15) is 60.1 Å². The number of nitrogens with two attached hydrogens (primary N) is 4. The molecule has 0 aromatic heterocycles. The molecule has 0 bridgehead atoms. The van der Waals surface area contributed by atoms with Gasteiger partial charge in [-0.1, -0.05) is 32.4 Å². The molecule has 0 aliphatic heterocycles. The van der Waals surface area contributed by atoms with E-state index in [-0.39, 0.29) is 25.0 Å². The maximum Gasteiger partial charge on any atom is 0.326 e. The van der Waals surface area contributed by atoms with Crippen molar-refractivity contribution in [2.24, 2.45) is 28.9 Å². The number of carboxylic acids is 3. The van der Waals surface area contributed by atoms with Crippen molar-refractivity contribution in [3.63, 3.8) is 0 Å². The molecule has 0 fully saturated rings. The van der Waals surface area contributed by atoms with Crippen LogP contribution in [0.25, 0.3) is 0 Å². The van der Waals surface area contributed by atoms with Crippen LogP contribution in [-0.4, -0.2) is 193 Å². The molecule has 33 nitrogen and oxygen atoms in total. The molecular formula is C50H79N13O20. The molecule has 11 amide bonds. The van der Waals surface area contributed by atoms with Gasteiger partial charge < -0.3 is 101 Å². The average Bonchev–Trinajstić information content (AvgIpc) is 3.42. The van der Waals surface area contributed by atoms with Gasteiger partial charge in [0, 0.05) is 19.3 Å². The smallest absolute Gasteiger partial charge is 0.326 e. The average molecular weight is 1180 g/mol. The van der Waals surface area contributed by atoms with E-state index in [0.29, 0.717) is 24.9 Å². The molecule has 0 heterocycles. The van der Waals surface area contributed by atoms with Crippen molar-refractivity contribution in [1.29, 1.82) is 0 Å². The fourth-order valence-electron chi connectivity index (χ4n) is 7.64. The first-order valence-electron chi connectivity index (χ1n) is 26.2. The van der Waals surface area contributed by atoms with Gasteiger partial charge in [0.2, 0.25) is 65.0 Å². The van der Waals surface area contributed by atoms with Gasteiger partial charge in [-0.15, -0.1) is 0 Å². The molecule has 1 aromatic carbocycles. The molecule has 12 atom stereocenters. The minimum Gasteiger partial charge on any atom is -0.508 e. The number of phenols is 1. The summed E-state index contributed by atoms with van der Waals surface area (Å²) in [5.74, 6) is -18.0. The number of benzene rings is 1. The van der Waals surface area contributed by atoms with Crippen LogP contribution >= 0.6 is 0 Å². The summed E-state index contributed by atoms with van der Waals surface area (Å²) < 4.78 is 0. The molecule has 0 radical (unpaired) electrons. The number of amides is 11. The number of carboxylic acid groups (broad SMARTS) is 3. The molecule has 23 N–H and O–H groups in total. The quantitative estimate of drug-likeness (QED) is 0.0272. The van der Waals surface area contributed by atoms with Crippen LogP contribution in [0.3, 0.4) is 0 Å². The summed E-state index contributed by atoms with van der Waals surface area (Å²) in [7, 11) is 0. The maximum absolute atomic E-state index is 13.9. The topological polar surface area (TPSA) is 573 Å². The molecule has 1 aromatic rings. The summed E-state index contributed by atoms with van der Waals surface area (Å²) in [6.45, 7) is 6.71. The number of unbranched alkanes of at least 4 members (excludes halogenated alkanes) is 1. The number of hydrogen-bond acceptors (Lipinski definition) is 19. The number of aliphatic carboxylic acids is 3. The van der Waals surface area contributed by atoms with Gasteiger partial charge in [0.15, 0.2) is 0 Å². The molecular weight excluding hydrogens is 1100 g/mol. The first kappa shape index (κ1) is 72.5. The number of nitrogens with one attached hydrogen (secondary N) is 9. The standard InChI is InChI=1S/C50H79N13O20/c1-22(2)18-31(45(77)55-23(3)41(73)58-33(21-38(71)72)47(79)63-40(25(5)65)49(81)61-34(50(82)83)19-26-9-11-27(66)12-10-26)59-46(78)32(20-36(54)68)60-43(75)30(14-16-37(69)70)57-48(80)39(24(4)64)62-44(76)29(13-15-35(53)67)56-42(74)28(52)8-6-7-17-51/h9-12,22-25,28-34,39-40,64-66H,6-8,13-21,51-52H2,1-5H3,(H2,53,67)(H2,54,68)(H,55,77)(H,56,74)(H,57,80)(H,58,73)(H,59,78)(H,60,75)(H,61,81)(H,62,76)(H,63,79)(H,69,70)(H,71,72)(H,82,83)/t23-,24+,25+,28-,29-,30-,31-,32-,33-,34-,39-,40-/m0/s1. The molecule has 1 rings (SSSR count). The highest BCUT2D eigenvalue weighted by atomic mass is 16.4. The zero-order valence-electron chi connectivity index (χ0n) is 46.5. The highest BCUT2D eigenvalue weighted by Crippen LogP contribution is 2.13. The van der Waals surface area contributed by atoms with Crippen molar-refractivity contribution in [2.75, 3.05) is 6.54 Å². The van der Waals surface area contributed by atoms with E-state index >= 15 is 0 Å². The van der Waals surface area contributed by atoms with Gasteiger partial charge in [-0.05, 0) is 83.0 Å². The van der Waals surface area contributed by atoms with Crippen LogP contribution < -0.4 is 70.8 Å². The monoisotopic (exact) mass is 1180 g/mol. The number of carbonyl (C=O) groups excluding carboxylic acids is 11. The number of hydrogen-bond donors (Lipinski definition) is 19. The predicted molar refractivity (Wildman–Crippen MR) is 288 cm³/mol. The van der Waals surface area contributed by atoms with Gasteiger partial charge in [-0.2, -0.15) is 0 Å². The fraction of sp³-hybridized carbons (Fsp3) is 0.600. The van der Waals surface area contributed by atoms with E-state index in [1.54, 1.807) is 13.8 Å². The van der Waals surface area contributed by atoms with Crippen molar-refractivity contribution in [3.8, 4) is 5.75 Å². The van der Waals surface area contributed by atoms with E-state index in [9.17, 15) is 97.8 Å². The summed E-state index contributed by atoms with van der Waals surface area (Å²) >= 11 is 0. The van der Waals surface area contributed by atoms with Crippen LogP contribution in [0.4, 0.5) is 0 Å². The first-order valence-corrected chi connectivity index (χ1v) is 26.2. The lowest BCUT2D eigenvalue weighted by atomic mass is 10.0. The molecule has 0 saturated heterocycles. The second-order valence-electron chi connectivity index (χ2n) is 20.0. The Morgan fingerprint density at radius 1 is 0.470 bits per heavy atom. The lowest BCUT2D eigenvalue weighted by Crippen LogP contribution is -2.62. The molecule has 0 aliphatic rings. The molecule has 83 heavy (non-hydrogen) atoms. The number of aromatic hydroxyl groups is 1. The number of carbonyl (C=O) groups is 14. The van der Waals surface area contributed by atoms with Gasteiger partial charge in [0.05, 0.1) is 31.1 Å². The van der Waals surface area contributed by atoms with E-state index in [0.717, 1.165) is 20.8 Å². The molecule has 0 spiro atoms. The molecule has 0 unspecified atom stereocenters. The molecule has 464 valence electrons. The van der Waals surface area contributed by atoms with Crippen LogP contribution in [0.15, 0.2) is 24.3 Å². The summed E-state index contributed by atoms with van der Waals surface area (Å²) in [4.78, 5) is 181. The minimum atomic E-state index is -2.00. The maximum atomic E-state index is 13.9. The fourth-order valence-corrected chi connectivity index (χ4v) is 7.64. The Hall–Kier alpha value is -8.56. The largest absolute Gasteiger partial charge is 0.508 e. The Morgan fingerprint density at radius 3 is 1.37 bits per heavy atom. The summed E-state index contributed by atoms with van der Waals surface area (Å²) in [5, 5.41) is 79.3. The number of primary amides is 2. The van der Waals surface area contributed by atoms with Crippen molar-refractivity contribution < 1.29 is 97.8 Å². The zero-order valence-corrected chi connectivity index (χ0v) is 46.5. The predicted octanol–water partition coefficient (Wildman–Crippen LogP) is -6.85. The zero-order chi connectivity index (χ0) is 63.4. The second kappa shape index (κ2) is 36.0. The van der Waals surface area contributed by atoms with E-state index in [1.807, 2.05) is 0 Å². The molecule has 0 saturated carbocycles. The SMILES string of the molecule is CC(C)C[C@H](NC(=O)[C@H](CC(N)=O)NC(=O)[C@H](CCC(=O)O)NC(=O)[C@@H](NC(=O)[C@H](CCC(N)=O)NC(=O)[C@@H](N)CCCCN)[C@@H](C)O)C(=O)N[C@@H](C)C(=O)N[C@@H](CC(=O)O)C(=O)N[C@H](C(=O)N[C@@H](Cc1ccc(O)cc1)C(=O)O)[C@@H](C)O. The first-order chi connectivity index (χ1) is 38.7. The van der Waals surface area contributed by atoms with Crippen LogP contribution in [0, 0.1) is 5.92 Å². The number of rotatable bonds is 39. The Bertz CT molecular complexity index is 2460. The van der Waals surface area contributed by atoms with E-state index in [1.165, 1.54) is 24.3 Å². The summed E-state index contributed by atoms with van der Waals surface area (Å²) in [5.41, 5.74) is 22.4. The number of aliphatic hydroxyl groups is 2. The van der Waals surface area contributed by atoms with Gasteiger partial charge in [-0.3, -0.25) is 62.3 Å². The Kier molecular flexibility index (Phi) is 31.4. The normalized spacial score (nSPS) is 15.4. The molecule has 33 heteroatoms. The van der Waals surface area contributed by atoms with Crippen molar-refractivity contribution >= 4 is 82.9 Å². The highest BCUT2D eigenvalue weighted by Gasteiger charge is 2.38. The third-order valence-electron chi connectivity index (χ3n) is 12.2.